The van der Waals surface area contributed by atoms with Gasteiger partial charge in [-0.25, -0.2) is 4.68 Å². The second-order valence-corrected chi connectivity index (χ2v) is 6.36. The van der Waals surface area contributed by atoms with Crippen molar-refractivity contribution in [1.29, 1.82) is 0 Å². The molecule has 0 saturated heterocycles. The first-order valence-electron chi connectivity index (χ1n) is 9.23. The SMILES string of the molecule is CCOc1ccc(-c2ccc(=O)n(CCNC(=O)c3ccc(C)cc3)n2)cc1. The summed E-state index contributed by atoms with van der Waals surface area (Å²) in [5, 5.41) is 7.23. The van der Waals surface area contributed by atoms with E-state index in [0.717, 1.165) is 16.9 Å². The fourth-order valence-corrected chi connectivity index (χ4v) is 2.73. The first-order chi connectivity index (χ1) is 13.6. The van der Waals surface area contributed by atoms with Crippen LogP contribution in [0.4, 0.5) is 0 Å². The van der Waals surface area contributed by atoms with Crippen LogP contribution in [0.25, 0.3) is 11.3 Å². The molecule has 1 amide bonds. The van der Waals surface area contributed by atoms with Gasteiger partial charge in [-0.2, -0.15) is 5.10 Å². The number of hydrogen-bond acceptors (Lipinski definition) is 4. The Morgan fingerprint density at radius 2 is 1.75 bits per heavy atom. The molecule has 28 heavy (non-hydrogen) atoms. The van der Waals surface area contributed by atoms with Crippen molar-refractivity contribution in [2.75, 3.05) is 13.2 Å². The number of hydrogen-bond donors (Lipinski definition) is 1. The molecule has 1 N–H and O–H groups in total. The van der Waals surface area contributed by atoms with Gasteiger partial charge in [-0.05, 0) is 56.3 Å². The summed E-state index contributed by atoms with van der Waals surface area (Å²) < 4.78 is 6.80. The molecule has 3 rings (SSSR count). The molecule has 0 aliphatic heterocycles. The van der Waals surface area contributed by atoms with E-state index in [4.69, 9.17) is 4.74 Å². The average Bonchev–Trinajstić information content (AvgIpc) is 2.71. The lowest BCUT2D eigenvalue weighted by Gasteiger charge is -2.09. The van der Waals surface area contributed by atoms with Crippen LogP contribution in [0.3, 0.4) is 0 Å². The van der Waals surface area contributed by atoms with Crippen LogP contribution in [0.2, 0.25) is 0 Å². The number of ether oxygens (including phenoxy) is 1. The zero-order valence-electron chi connectivity index (χ0n) is 16.0. The zero-order valence-corrected chi connectivity index (χ0v) is 16.0. The highest BCUT2D eigenvalue weighted by Crippen LogP contribution is 2.19. The van der Waals surface area contributed by atoms with Crippen LogP contribution in [0.15, 0.2) is 65.5 Å². The number of carbonyl (C=O) groups excluding carboxylic acids is 1. The first-order valence-corrected chi connectivity index (χ1v) is 9.23. The van der Waals surface area contributed by atoms with Crippen LogP contribution in [0.5, 0.6) is 5.75 Å². The summed E-state index contributed by atoms with van der Waals surface area (Å²) in [7, 11) is 0. The van der Waals surface area contributed by atoms with E-state index in [-0.39, 0.29) is 11.5 Å². The Bertz CT molecular complexity index is 993. The van der Waals surface area contributed by atoms with Crippen LogP contribution in [0.1, 0.15) is 22.8 Å². The van der Waals surface area contributed by atoms with Crippen molar-refractivity contribution in [2.24, 2.45) is 0 Å². The lowest BCUT2D eigenvalue weighted by Crippen LogP contribution is -2.31. The molecular formula is C22H23N3O3. The summed E-state index contributed by atoms with van der Waals surface area (Å²) in [6.45, 7) is 5.12. The van der Waals surface area contributed by atoms with Gasteiger partial charge in [0.2, 0.25) is 0 Å². The third-order valence-electron chi connectivity index (χ3n) is 4.25. The predicted octanol–water partition coefficient (Wildman–Crippen LogP) is 3.05. The Labute approximate surface area is 163 Å². The topological polar surface area (TPSA) is 73.2 Å². The highest BCUT2D eigenvalue weighted by atomic mass is 16.5. The quantitative estimate of drug-likeness (QED) is 0.687. The van der Waals surface area contributed by atoms with E-state index in [1.54, 1.807) is 18.2 Å². The molecule has 0 unspecified atom stereocenters. The molecule has 0 saturated carbocycles. The van der Waals surface area contributed by atoms with Gasteiger partial charge in [0.25, 0.3) is 11.5 Å². The standard InChI is InChI=1S/C22H23N3O3/c1-3-28-19-10-8-17(9-11-19)20-12-13-21(26)25(24-20)15-14-23-22(27)18-6-4-16(2)5-7-18/h4-13H,3,14-15H2,1-2H3,(H,23,27). The van der Waals surface area contributed by atoms with Crippen molar-refractivity contribution < 1.29 is 9.53 Å². The summed E-state index contributed by atoms with van der Waals surface area (Å²) in [6, 6.07) is 18.1. The zero-order chi connectivity index (χ0) is 19.9. The van der Waals surface area contributed by atoms with E-state index in [9.17, 15) is 9.59 Å². The molecule has 0 fully saturated rings. The number of amides is 1. The molecule has 0 bridgehead atoms. The van der Waals surface area contributed by atoms with Crippen molar-refractivity contribution in [3.63, 3.8) is 0 Å². The number of nitrogens with one attached hydrogen (secondary N) is 1. The molecule has 1 aromatic heterocycles. The van der Waals surface area contributed by atoms with E-state index in [1.807, 2.05) is 50.2 Å². The second kappa shape index (κ2) is 8.99. The highest BCUT2D eigenvalue weighted by molar-refractivity contribution is 5.94. The van der Waals surface area contributed by atoms with E-state index in [1.165, 1.54) is 10.7 Å². The molecule has 0 spiro atoms. The molecule has 0 aliphatic carbocycles. The molecule has 2 aromatic carbocycles. The number of rotatable bonds is 7. The van der Waals surface area contributed by atoms with Gasteiger partial charge in [-0.1, -0.05) is 17.7 Å². The van der Waals surface area contributed by atoms with Crippen molar-refractivity contribution >= 4 is 5.91 Å². The van der Waals surface area contributed by atoms with E-state index >= 15 is 0 Å². The first kappa shape index (κ1) is 19.4. The van der Waals surface area contributed by atoms with Gasteiger partial charge in [0.15, 0.2) is 0 Å². The molecule has 0 radical (unpaired) electrons. The van der Waals surface area contributed by atoms with Crippen LogP contribution < -0.4 is 15.6 Å². The Balaban J connectivity index is 1.65. The smallest absolute Gasteiger partial charge is 0.266 e. The van der Waals surface area contributed by atoms with Gasteiger partial charge in [-0.3, -0.25) is 9.59 Å². The van der Waals surface area contributed by atoms with E-state index < -0.39 is 0 Å². The minimum atomic E-state index is -0.209. The Morgan fingerprint density at radius 1 is 1.04 bits per heavy atom. The van der Waals surface area contributed by atoms with Gasteiger partial charge in [0.05, 0.1) is 18.8 Å². The monoisotopic (exact) mass is 377 g/mol. The number of carbonyl (C=O) groups is 1. The van der Waals surface area contributed by atoms with Crippen molar-refractivity contribution in [3.8, 4) is 17.0 Å². The van der Waals surface area contributed by atoms with Gasteiger partial charge in [0.1, 0.15) is 5.75 Å². The third kappa shape index (κ3) is 4.85. The summed E-state index contributed by atoms with van der Waals surface area (Å²) >= 11 is 0. The number of aryl methyl sites for hydroxylation is 1. The maximum absolute atomic E-state index is 12.2. The number of nitrogens with zero attached hydrogens (tertiary/aromatic N) is 2. The van der Waals surface area contributed by atoms with Gasteiger partial charge in [0, 0.05) is 23.7 Å². The van der Waals surface area contributed by atoms with Gasteiger partial charge in [-0.15, -0.1) is 0 Å². The minimum Gasteiger partial charge on any atom is -0.494 e. The maximum atomic E-state index is 12.2. The van der Waals surface area contributed by atoms with Crippen molar-refractivity contribution in [1.82, 2.24) is 15.1 Å². The fraction of sp³-hybridized carbons (Fsp3) is 0.227. The number of aromatic nitrogens is 2. The molecule has 3 aromatic rings. The third-order valence-corrected chi connectivity index (χ3v) is 4.25. The molecular weight excluding hydrogens is 354 g/mol. The van der Waals surface area contributed by atoms with Crippen molar-refractivity contribution in [2.45, 2.75) is 20.4 Å². The maximum Gasteiger partial charge on any atom is 0.266 e. The average molecular weight is 377 g/mol. The summed E-state index contributed by atoms with van der Waals surface area (Å²) in [6.07, 6.45) is 0. The van der Waals surface area contributed by atoms with Crippen LogP contribution >= 0.6 is 0 Å². The van der Waals surface area contributed by atoms with E-state index in [0.29, 0.717) is 31.0 Å². The Hall–Kier alpha value is -3.41. The van der Waals surface area contributed by atoms with Crippen LogP contribution in [-0.2, 0) is 6.54 Å². The van der Waals surface area contributed by atoms with Crippen molar-refractivity contribution in [3.05, 3.63) is 82.1 Å². The Kier molecular flexibility index (Phi) is 6.22. The largest absolute Gasteiger partial charge is 0.494 e. The lowest BCUT2D eigenvalue weighted by atomic mass is 10.1. The van der Waals surface area contributed by atoms with Crippen LogP contribution in [-0.4, -0.2) is 28.8 Å². The molecule has 144 valence electrons. The molecule has 6 heteroatoms. The fourth-order valence-electron chi connectivity index (χ4n) is 2.73. The van der Waals surface area contributed by atoms with Gasteiger partial charge < -0.3 is 10.1 Å². The minimum absolute atomic E-state index is 0.171. The van der Waals surface area contributed by atoms with Gasteiger partial charge >= 0.3 is 0 Å². The molecule has 0 atom stereocenters. The van der Waals surface area contributed by atoms with Crippen LogP contribution in [0, 0.1) is 6.92 Å². The summed E-state index contributed by atoms with van der Waals surface area (Å²) in [5.74, 6) is 0.620. The lowest BCUT2D eigenvalue weighted by molar-refractivity contribution is 0.0951. The second-order valence-electron chi connectivity index (χ2n) is 6.36. The highest BCUT2D eigenvalue weighted by Gasteiger charge is 2.07. The molecule has 6 nitrogen and oxygen atoms in total. The predicted molar refractivity (Wildman–Crippen MR) is 109 cm³/mol. The molecule has 0 aliphatic rings. The summed E-state index contributed by atoms with van der Waals surface area (Å²) in [5.41, 5.74) is 3.06. The summed E-state index contributed by atoms with van der Waals surface area (Å²) in [4.78, 5) is 24.3. The molecule has 1 heterocycles. The Morgan fingerprint density at radius 3 is 2.43 bits per heavy atom. The van der Waals surface area contributed by atoms with E-state index in [2.05, 4.69) is 10.4 Å². The number of benzene rings is 2. The normalized spacial score (nSPS) is 10.5.